The molecule has 2 nitrogen and oxygen atoms in total. The lowest BCUT2D eigenvalue weighted by molar-refractivity contribution is -0.120. The number of carbonyl (C=O) groups is 1. The summed E-state index contributed by atoms with van der Waals surface area (Å²) in [5, 5.41) is 0. The van der Waals surface area contributed by atoms with Crippen LogP contribution >= 0.6 is 0 Å². The summed E-state index contributed by atoms with van der Waals surface area (Å²) < 4.78 is 5.77. The van der Waals surface area contributed by atoms with Gasteiger partial charge in [-0.1, -0.05) is 26.0 Å². The van der Waals surface area contributed by atoms with Gasteiger partial charge >= 0.3 is 0 Å². The Morgan fingerprint density at radius 1 is 1.33 bits per heavy atom. The molecule has 1 aliphatic rings. The topological polar surface area (TPSA) is 26.3 Å². The van der Waals surface area contributed by atoms with Crippen molar-refractivity contribution < 1.29 is 9.53 Å². The molecule has 0 aliphatic heterocycles. The van der Waals surface area contributed by atoms with Crippen molar-refractivity contribution >= 4 is 5.78 Å². The van der Waals surface area contributed by atoms with Crippen LogP contribution in [0.3, 0.4) is 0 Å². The number of rotatable bonds is 6. The molecule has 0 N–H and O–H groups in total. The second-order valence-electron chi connectivity index (χ2n) is 4.98. The van der Waals surface area contributed by atoms with Crippen LogP contribution in [0.1, 0.15) is 56.6 Å². The maximum absolute atomic E-state index is 12.1. The van der Waals surface area contributed by atoms with Crippen LogP contribution in [-0.4, -0.2) is 12.4 Å². The fourth-order valence-corrected chi connectivity index (χ4v) is 2.72. The van der Waals surface area contributed by atoms with Crippen molar-refractivity contribution in [3.05, 3.63) is 29.3 Å². The van der Waals surface area contributed by atoms with Gasteiger partial charge in [-0.3, -0.25) is 4.79 Å². The van der Waals surface area contributed by atoms with E-state index in [9.17, 15) is 4.79 Å². The highest BCUT2D eigenvalue weighted by molar-refractivity contribution is 5.87. The molecule has 1 aliphatic carbocycles. The molecule has 1 aromatic carbocycles. The molecule has 2 heteroatoms. The number of hydrogen-bond acceptors (Lipinski definition) is 2. The van der Waals surface area contributed by atoms with Crippen LogP contribution in [0.2, 0.25) is 0 Å². The van der Waals surface area contributed by atoms with Crippen LogP contribution in [0.15, 0.2) is 18.2 Å². The molecular formula is C16H22O2. The first-order chi connectivity index (χ1) is 8.77. The van der Waals surface area contributed by atoms with E-state index in [4.69, 9.17) is 4.74 Å². The van der Waals surface area contributed by atoms with E-state index in [1.165, 1.54) is 11.1 Å². The zero-order valence-electron chi connectivity index (χ0n) is 11.4. The van der Waals surface area contributed by atoms with Gasteiger partial charge in [0.1, 0.15) is 11.5 Å². The smallest absolute Gasteiger partial charge is 0.140 e. The molecule has 0 fully saturated rings. The molecule has 98 valence electrons. The third kappa shape index (κ3) is 2.58. The van der Waals surface area contributed by atoms with E-state index in [1.54, 1.807) is 0 Å². The second-order valence-corrected chi connectivity index (χ2v) is 4.98. The first-order valence-corrected chi connectivity index (χ1v) is 7.05. The maximum Gasteiger partial charge on any atom is 0.140 e. The summed E-state index contributed by atoms with van der Waals surface area (Å²) >= 11 is 0. The summed E-state index contributed by atoms with van der Waals surface area (Å²) in [4.78, 5) is 12.1. The van der Waals surface area contributed by atoms with Crippen molar-refractivity contribution in [3.63, 3.8) is 0 Å². The summed E-state index contributed by atoms with van der Waals surface area (Å²) in [7, 11) is 0. The summed E-state index contributed by atoms with van der Waals surface area (Å²) in [5.74, 6) is 1.50. The third-order valence-corrected chi connectivity index (χ3v) is 3.57. The predicted molar refractivity (Wildman–Crippen MR) is 73.2 cm³/mol. The summed E-state index contributed by atoms with van der Waals surface area (Å²) in [6.07, 6.45) is 4.60. The number of benzene rings is 1. The first kappa shape index (κ1) is 13.1. The quantitative estimate of drug-likeness (QED) is 0.761. The van der Waals surface area contributed by atoms with Gasteiger partial charge in [-0.15, -0.1) is 0 Å². The SMILES string of the molecule is CCCOc1cccc2c1CCC2C(=O)CCC. The predicted octanol–water partition coefficient (Wildman–Crippen LogP) is 3.87. The summed E-state index contributed by atoms with van der Waals surface area (Å²) in [6, 6.07) is 6.14. The Kier molecular flexibility index (Phi) is 4.40. The maximum atomic E-state index is 12.1. The Labute approximate surface area is 109 Å². The van der Waals surface area contributed by atoms with Crippen LogP contribution in [0.25, 0.3) is 0 Å². The minimum atomic E-state index is 0.116. The van der Waals surface area contributed by atoms with Crippen LogP contribution in [0, 0.1) is 0 Å². The molecule has 0 heterocycles. The lowest BCUT2D eigenvalue weighted by Crippen LogP contribution is -2.09. The van der Waals surface area contributed by atoms with Gasteiger partial charge in [-0.05, 0) is 42.9 Å². The highest BCUT2D eigenvalue weighted by atomic mass is 16.5. The van der Waals surface area contributed by atoms with E-state index in [1.807, 2.05) is 12.1 Å². The molecule has 1 unspecified atom stereocenters. The first-order valence-electron chi connectivity index (χ1n) is 7.05. The number of fused-ring (bicyclic) bond motifs is 1. The molecule has 2 rings (SSSR count). The average molecular weight is 246 g/mol. The number of ketones is 1. The van der Waals surface area contributed by atoms with E-state index in [-0.39, 0.29) is 5.92 Å². The zero-order chi connectivity index (χ0) is 13.0. The summed E-state index contributed by atoms with van der Waals surface area (Å²) in [6.45, 7) is 4.93. The monoisotopic (exact) mass is 246 g/mol. The largest absolute Gasteiger partial charge is 0.493 e. The Morgan fingerprint density at radius 2 is 2.17 bits per heavy atom. The van der Waals surface area contributed by atoms with Gasteiger partial charge in [0, 0.05) is 12.3 Å². The normalized spacial score (nSPS) is 17.6. The third-order valence-electron chi connectivity index (χ3n) is 3.57. The van der Waals surface area contributed by atoms with Crippen molar-refractivity contribution in [2.75, 3.05) is 6.61 Å². The molecule has 1 atom stereocenters. The number of Topliss-reactive ketones (excluding diaryl/α,β-unsaturated/α-hetero) is 1. The lowest BCUT2D eigenvalue weighted by atomic mass is 9.94. The van der Waals surface area contributed by atoms with Gasteiger partial charge in [0.25, 0.3) is 0 Å². The average Bonchev–Trinajstić information content (AvgIpc) is 2.81. The molecule has 0 saturated carbocycles. The molecule has 0 radical (unpaired) electrons. The zero-order valence-corrected chi connectivity index (χ0v) is 11.4. The minimum absolute atomic E-state index is 0.116. The standard InChI is InChI=1S/C16H22O2/c1-3-6-15(17)13-9-10-14-12(13)7-5-8-16(14)18-11-4-2/h5,7-8,13H,3-4,6,9-11H2,1-2H3. The molecule has 1 aromatic rings. The van der Waals surface area contributed by atoms with Gasteiger partial charge in [0.15, 0.2) is 0 Å². The van der Waals surface area contributed by atoms with Crippen LogP contribution in [0.4, 0.5) is 0 Å². The molecule has 18 heavy (non-hydrogen) atoms. The lowest BCUT2D eigenvalue weighted by Gasteiger charge is -2.12. The van der Waals surface area contributed by atoms with Crippen LogP contribution in [0.5, 0.6) is 5.75 Å². The second kappa shape index (κ2) is 6.03. The van der Waals surface area contributed by atoms with Gasteiger partial charge in [-0.2, -0.15) is 0 Å². The van der Waals surface area contributed by atoms with Crippen LogP contribution < -0.4 is 4.74 Å². The molecule has 0 bridgehead atoms. The Balaban J connectivity index is 2.20. The van der Waals surface area contributed by atoms with Crippen LogP contribution in [-0.2, 0) is 11.2 Å². The molecular weight excluding hydrogens is 224 g/mol. The van der Waals surface area contributed by atoms with Crippen molar-refractivity contribution in [2.45, 2.75) is 51.9 Å². The van der Waals surface area contributed by atoms with Crippen molar-refractivity contribution in [1.29, 1.82) is 0 Å². The van der Waals surface area contributed by atoms with Gasteiger partial charge in [0.05, 0.1) is 6.61 Å². The van der Waals surface area contributed by atoms with E-state index < -0.39 is 0 Å². The Bertz CT molecular complexity index is 423. The van der Waals surface area contributed by atoms with Gasteiger partial charge < -0.3 is 4.74 Å². The molecule has 0 amide bonds. The van der Waals surface area contributed by atoms with Crippen molar-refractivity contribution in [3.8, 4) is 5.75 Å². The fourth-order valence-electron chi connectivity index (χ4n) is 2.72. The number of ether oxygens (including phenoxy) is 1. The number of carbonyl (C=O) groups excluding carboxylic acids is 1. The van der Waals surface area contributed by atoms with Gasteiger partial charge in [0.2, 0.25) is 0 Å². The Hall–Kier alpha value is -1.31. The van der Waals surface area contributed by atoms with E-state index >= 15 is 0 Å². The Morgan fingerprint density at radius 3 is 2.89 bits per heavy atom. The molecule has 0 aromatic heterocycles. The van der Waals surface area contributed by atoms with E-state index in [0.717, 1.165) is 38.0 Å². The van der Waals surface area contributed by atoms with Crippen molar-refractivity contribution in [1.82, 2.24) is 0 Å². The fraction of sp³-hybridized carbons (Fsp3) is 0.562. The molecule has 0 saturated heterocycles. The highest BCUT2D eigenvalue weighted by Crippen LogP contribution is 2.39. The van der Waals surface area contributed by atoms with Crippen molar-refractivity contribution in [2.24, 2.45) is 0 Å². The number of hydrogen-bond donors (Lipinski definition) is 0. The molecule has 0 spiro atoms. The van der Waals surface area contributed by atoms with Gasteiger partial charge in [-0.25, -0.2) is 0 Å². The highest BCUT2D eigenvalue weighted by Gasteiger charge is 2.29. The van der Waals surface area contributed by atoms with E-state index in [2.05, 4.69) is 19.9 Å². The van der Waals surface area contributed by atoms with E-state index in [0.29, 0.717) is 12.2 Å². The summed E-state index contributed by atoms with van der Waals surface area (Å²) in [5.41, 5.74) is 2.47. The minimum Gasteiger partial charge on any atom is -0.493 e.